The van der Waals surface area contributed by atoms with Crippen molar-refractivity contribution >= 4 is 5.91 Å². The number of benzene rings is 1. The molecule has 1 aromatic carbocycles. The molecule has 0 bridgehead atoms. The molecule has 0 unspecified atom stereocenters. The zero-order valence-corrected chi connectivity index (χ0v) is 16.6. The highest BCUT2D eigenvalue weighted by Crippen LogP contribution is 2.38. The topological polar surface area (TPSA) is 48.0 Å². The average molecular weight is 371 g/mol. The second kappa shape index (κ2) is 8.73. The summed E-state index contributed by atoms with van der Waals surface area (Å²) in [5.74, 6) is -0.665. The van der Waals surface area contributed by atoms with Crippen molar-refractivity contribution in [2.75, 3.05) is 0 Å². The maximum Gasteiger partial charge on any atom is 0.251 e. The maximum atomic E-state index is 13.5. The molecule has 4 heteroatoms. The van der Waals surface area contributed by atoms with Crippen LogP contribution in [-0.4, -0.2) is 10.5 Å². The van der Waals surface area contributed by atoms with Crippen molar-refractivity contribution in [3.63, 3.8) is 0 Å². The van der Waals surface area contributed by atoms with E-state index < -0.39 is 5.91 Å². The van der Waals surface area contributed by atoms with Crippen molar-refractivity contribution in [3.8, 4) is 11.1 Å². The fourth-order valence-corrected chi connectivity index (χ4v) is 4.67. The number of carbonyl (C=O) groups is 1. The van der Waals surface area contributed by atoms with Gasteiger partial charge in [0.15, 0.2) is 0 Å². The molecule has 27 heavy (non-hydrogen) atoms. The third-order valence-corrected chi connectivity index (χ3v) is 5.86. The molecular formula is C23H31FN2O. The largest absolute Gasteiger partial charge is 0.366 e. The first-order valence-electron chi connectivity index (χ1n) is 10.3. The molecule has 146 valence electrons. The lowest BCUT2D eigenvalue weighted by Gasteiger charge is -2.26. The van der Waals surface area contributed by atoms with Gasteiger partial charge in [-0.25, -0.2) is 4.39 Å². The Kier molecular flexibility index (Phi) is 6.35. The van der Waals surface area contributed by atoms with E-state index in [2.05, 4.69) is 11.5 Å². The van der Waals surface area contributed by atoms with E-state index >= 15 is 0 Å². The van der Waals surface area contributed by atoms with Crippen LogP contribution in [0.4, 0.5) is 4.39 Å². The molecule has 1 aliphatic rings. The Morgan fingerprint density at radius 1 is 1.11 bits per heavy atom. The van der Waals surface area contributed by atoms with Gasteiger partial charge >= 0.3 is 0 Å². The van der Waals surface area contributed by atoms with Crippen LogP contribution in [0.3, 0.4) is 0 Å². The summed E-state index contributed by atoms with van der Waals surface area (Å²) in [5, 5.41) is 0. The van der Waals surface area contributed by atoms with Gasteiger partial charge < -0.3 is 10.3 Å². The smallest absolute Gasteiger partial charge is 0.251 e. The molecule has 1 fully saturated rings. The fraction of sp³-hybridized carbons (Fsp3) is 0.522. The number of rotatable bonds is 5. The summed E-state index contributed by atoms with van der Waals surface area (Å²) in [4.78, 5) is 12.4. The molecule has 0 saturated heterocycles. The minimum absolute atomic E-state index is 0.271. The molecule has 1 heterocycles. The van der Waals surface area contributed by atoms with Crippen molar-refractivity contribution in [1.29, 1.82) is 0 Å². The second-order valence-corrected chi connectivity index (χ2v) is 7.77. The summed E-state index contributed by atoms with van der Waals surface area (Å²) in [6.45, 7) is 4.17. The van der Waals surface area contributed by atoms with E-state index in [9.17, 15) is 9.18 Å². The Hall–Kier alpha value is -2.10. The van der Waals surface area contributed by atoms with Gasteiger partial charge in [-0.15, -0.1) is 0 Å². The van der Waals surface area contributed by atoms with Crippen LogP contribution in [0.5, 0.6) is 0 Å². The zero-order valence-electron chi connectivity index (χ0n) is 16.6. The van der Waals surface area contributed by atoms with E-state index in [1.165, 1.54) is 49.9 Å². The molecule has 3 nitrogen and oxygen atoms in total. The van der Waals surface area contributed by atoms with Gasteiger partial charge in [-0.2, -0.15) is 0 Å². The molecule has 1 saturated carbocycles. The van der Waals surface area contributed by atoms with Crippen LogP contribution in [-0.2, 0) is 6.42 Å². The van der Waals surface area contributed by atoms with Crippen LogP contribution in [0.15, 0.2) is 24.3 Å². The molecule has 2 aromatic rings. The van der Waals surface area contributed by atoms with Gasteiger partial charge in [0.25, 0.3) is 5.91 Å². The lowest BCUT2D eigenvalue weighted by Crippen LogP contribution is -2.17. The van der Waals surface area contributed by atoms with Crippen molar-refractivity contribution in [2.24, 2.45) is 5.73 Å². The summed E-state index contributed by atoms with van der Waals surface area (Å²) in [7, 11) is 0. The van der Waals surface area contributed by atoms with Gasteiger partial charge in [0.2, 0.25) is 0 Å². The van der Waals surface area contributed by atoms with E-state index in [1.807, 2.05) is 6.92 Å². The Balaban J connectivity index is 2.19. The second-order valence-electron chi connectivity index (χ2n) is 7.77. The molecule has 0 spiro atoms. The molecule has 0 aliphatic heterocycles. The number of carbonyl (C=O) groups excluding carboxylic acids is 1. The number of amides is 1. The third-order valence-electron chi connectivity index (χ3n) is 5.86. The molecule has 1 amide bonds. The van der Waals surface area contributed by atoms with Gasteiger partial charge in [0.1, 0.15) is 5.82 Å². The average Bonchev–Trinajstić information content (AvgIpc) is 2.89. The van der Waals surface area contributed by atoms with Crippen LogP contribution in [0, 0.1) is 12.7 Å². The number of hydrogen-bond donors (Lipinski definition) is 1. The predicted molar refractivity (Wildman–Crippen MR) is 108 cm³/mol. The van der Waals surface area contributed by atoms with Gasteiger partial charge in [-0.3, -0.25) is 4.79 Å². The molecule has 0 radical (unpaired) electrons. The SMILES string of the molecule is CCCc1c(-c2ccc(F)cc2)c(C(N)=O)c(C)n1C1CCCCCCC1. The minimum Gasteiger partial charge on any atom is -0.366 e. The van der Waals surface area contributed by atoms with E-state index in [0.717, 1.165) is 42.5 Å². The lowest BCUT2D eigenvalue weighted by molar-refractivity contribution is 0.1000. The van der Waals surface area contributed by atoms with Crippen LogP contribution in [0.25, 0.3) is 11.1 Å². The number of halogens is 1. The van der Waals surface area contributed by atoms with Crippen molar-refractivity contribution in [2.45, 2.75) is 77.7 Å². The Morgan fingerprint density at radius 2 is 1.70 bits per heavy atom. The first-order chi connectivity index (χ1) is 13.0. The standard InChI is InChI=1S/C23H31FN2O/c1-3-9-20-22(17-12-14-18(24)15-13-17)21(23(25)27)16(2)26(20)19-10-7-5-4-6-8-11-19/h12-15,19H,3-11H2,1-2H3,(H2,25,27). The van der Waals surface area contributed by atoms with Gasteiger partial charge in [-0.1, -0.05) is 57.6 Å². The first kappa shape index (κ1) is 19.7. The van der Waals surface area contributed by atoms with Gasteiger partial charge in [-0.05, 0) is 43.9 Å². The quantitative estimate of drug-likeness (QED) is 0.695. The number of nitrogens with two attached hydrogens (primary N) is 1. The molecule has 1 aromatic heterocycles. The van der Waals surface area contributed by atoms with Crippen LogP contribution in [0.1, 0.15) is 86.1 Å². The highest BCUT2D eigenvalue weighted by Gasteiger charge is 2.28. The van der Waals surface area contributed by atoms with E-state index in [4.69, 9.17) is 5.73 Å². The van der Waals surface area contributed by atoms with Crippen LogP contribution < -0.4 is 5.73 Å². The Morgan fingerprint density at radius 3 is 2.26 bits per heavy atom. The van der Waals surface area contributed by atoms with Crippen molar-refractivity contribution in [1.82, 2.24) is 4.57 Å². The van der Waals surface area contributed by atoms with Crippen LogP contribution in [0.2, 0.25) is 0 Å². The number of nitrogens with zero attached hydrogens (tertiary/aromatic N) is 1. The number of primary amides is 1. The molecule has 1 aliphatic carbocycles. The highest BCUT2D eigenvalue weighted by molar-refractivity contribution is 6.02. The molecule has 0 atom stereocenters. The van der Waals surface area contributed by atoms with Crippen molar-refractivity contribution < 1.29 is 9.18 Å². The first-order valence-corrected chi connectivity index (χ1v) is 10.3. The predicted octanol–water partition coefficient (Wildman–Crippen LogP) is 5.94. The van der Waals surface area contributed by atoms with Crippen molar-refractivity contribution in [3.05, 3.63) is 47.0 Å². The van der Waals surface area contributed by atoms with Crippen LogP contribution >= 0.6 is 0 Å². The fourth-order valence-electron chi connectivity index (χ4n) is 4.67. The normalized spacial score (nSPS) is 16.1. The van der Waals surface area contributed by atoms with Gasteiger partial charge in [0, 0.05) is 23.0 Å². The summed E-state index contributed by atoms with van der Waals surface area (Å²) < 4.78 is 15.9. The maximum absolute atomic E-state index is 13.5. The minimum atomic E-state index is -0.395. The Bertz CT molecular complexity index is 784. The summed E-state index contributed by atoms with van der Waals surface area (Å²) in [5.41, 5.74) is 10.4. The third kappa shape index (κ3) is 4.10. The monoisotopic (exact) mass is 370 g/mol. The molecular weight excluding hydrogens is 339 g/mol. The van der Waals surface area contributed by atoms with E-state index in [-0.39, 0.29) is 5.82 Å². The van der Waals surface area contributed by atoms with E-state index in [0.29, 0.717) is 11.6 Å². The zero-order chi connectivity index (χ0) is 19.4. The summed E-state index contributed by atoms with van der Waals surface area (Å²) in [6, 6.07) is 6.85. The highest BCUT2D eigenvalue weighted by atomic mass is 19.1. The van der Waals surface area contributed by atoms with E-state index in [1.54, 1.807) is 12.1 Å². The molecule has 2 N–H and O–H groups in total. The number of aromatic nitrogens is 1. The lowest BCUT2D eigenvalue weighted by atomic mass is 9.95. The number of hydrogen-bond acceptors (Lipinski definition) is 1. The van der Waals surface area contributed by atoms with Gasteiger partial charge in [0.05, 0.1) is 5.56 Å². The summed E-state index contributed by atoms with van der Waals surface area (Å²) in [6.07, 6.45) is 10.5. The molecule has 3 rings (SSSR count). The Labute approximate surface area is 161 Å². The summed E-state index contributed by atoms with van der Waals surface area (Å²) >= 11 is 0.